The van der Waals surface area contributed by atoms with Crippen molar-refractivity contribution in [2.75, 3.05) is 26.7 Å². The summed E-state index contributed by atoms with van der Waals surface area (Å²) in [6, 6.07) is -0.178. The van der Waals surface area contributed by atoms with Gasteiger partial charge < -0.3 is 19.5 Å². The average molecular weight is 360 g/mol. The van der Waals surface area contributed by atoms with E-state index in [9.17, 15) is 18.0 Å². The molecule has 0 radical (unpaired) electrons. The average Bonchev–Trinajstić information content (AvgIpc) is 3.20. The van der Waals surface area contributed by atoms with Crippen LogP contribution in [0.1, 0.15) is 30.8 Å². The molecule has 0 bridgehead atoms. The molecule has 1 aromatic heterocycles. The Bertz CT molecular complexity index is 611. The Morgan fingerprint density at radius 3 is 2.96 bits per heavy atom. The minimum Gasteiger partial charge on any atom is -0.376 e. The number of hydrogen-bond donors (Lipinski definition) is 1. The van der Waals surface area contributed by atoms with Crippen LogP contribution in [0.15, 0.2) is 6.20 Å². The lowest BCUT2D eigenvalue weighted by Crippen LogP contribution is -2.43. The first-order chi connectivity index (χ1) is 11.8. The number of amides is 2. The van der Waals surface area contributed by atoms with Crippen LogP contribution < -0.4 is 5.32 Å². The number of hydrogen-bond acceptors (Lipinski definition) is 3. The molecule has 0 spiro atoms. The van der Waals surface area contributed by atoms with E-state index in [1.54, 1.807) is 16.5 Å². The summed E-state index contributed by atoms with van der Waals surface area (Å²) in [5, 5.41) is 2.85. The molecule has 0 aliphatic carbocycles. The zero-order valence-corrected chi connectivity index (χ0v) is 14.2. The maximum atomic E-state index is 12.8. The van der Waals surface area contributed by atoms with Crippen LogP contribution in [0.4, 0.5) is 18.0 Å². The van der Waals surface area contributed by atoms with Crippen LogP contribution in [-0.4, -0.2) is 53.3 Å². The highest BCUT2D eigenvalue weighted by molar-refractivity contribution is 5.73. The van der Waals surface area contributed by atoms with Crippen molar-refractivity contribution in [2.45, 2.75) is 44.5 Å². The summed E-state index contributed by atoms with van der Waals surface area (Å²) in [5.41, 5.74) is -0.842. The molecule has 6 nitrogen and oxygen atoms in total. The third-order valence-corrected chi connectivity index (χ3v) is 4.76. The Morgan fingerprint density at radius 1 is 1.48 bits per heavy atom. The topological polar surface area (TPSA) is 59.4 Å². The van der Waals surface area contributed by atoms with Crippen molar-refractivity contribution >= 4 is 6.03 Å². The van der Waals surface area contributed by atoms with Crippen LogP contribution in [0.2, 0.25) is 0 Å². The number of alkyl halides is 3. The van der Waals surface area contributed by atoms with Gasteiger partial charge in [0, 0.05) is 45.9 Å². The Hall–Kier alpha value is -1.77. The minimum absolute atomic E-state index is 0.0846. The fraction of sp³-hybridized carbons (Fsp3) is 0.750. The van der Waals surface area contributed by atoms with Crippen LogP contribution in [0.3, 0.4) is 0 Å². The summed E-state index contributed by atoms with van der Waals surface area (Å²) >= 11 is 0. The van der Waals surface area contributed by atoms with Crippen molar-refractivity contribution in [3.63, 3.8) is 0 Å². The predicted molar refractivity (Wildman–Crippen MR) is 84.0 cm³/mol. The maximum Gasteiger partial charge on any atom is 0.434 e. The molecule has 2 aliphatic rings. The monoisotopic (exact) mass is 360 g/mol. The van der Waals surface area contributed by atoms with Gasteiger partial charge in [0.2, 0.25) is 0 Å². The number of halogens is 3. The minimum atomic E-state index is -4.42. The van der Waals surface area contributed by atoms with Crippen LogP contribution in [-0.2, 0) is 23.9 Å². The Labute approximate surface area is 144 Å². The fourth-order valence-electron chi connectivity index (χ4n) is 3.41. The van der Waals surface area contributed by atoms with E-state index in [1.165, 1.54) is 0 Å². The lowest BCUT2D eigenvalue weighted by molar-refractivity contribution is -0.141. The molecular weight excluding hydrogens is 337 g/mol. The number of carbonyl (C=O) groups excluding carboxylic acids is 1. The van der Waals surface area contributed by atoms with Crippen molar-refractivity contribution in [1.82, 2.24) is 19.8 Å². The zero-order valence-electron chi connectivity index (χ0n) is 14.2. The van der Waals surface area contributed by atoms with E-state index in [0.717, 1.165) is 32.1 Å². The standard InChI is InChI=1S/C16H23F3N4O2/c1-22(15(24)20-7-12-3-2-6-25-12)8-11-4-5-14-21-13(16(17,18)19)10-23(14)9-11/h10-12H,2-9H2,1H3,(H,20,24)/t11-,12-/m1/s1. The van der Waals surface area contributed by atoms with Gasteiger partial charge in [0.25, 0.3) is 0 Å². The van der Waals surface area contributed by atoms with Crippen LogP contribution >= 0.6 is 0 Å². The predicted octanol–water partition coefficient (Wildman–Crippen LogP) is 2.28. The summed E-state index contributed by atoms with van der Waals surface area (Å²) in [5.74, 6) is 0.579. The van der Waals surface area contributed by atoms with E-state index >= 15 is 0 Å². The van der Waals surface area contributed by atoms with Gasteiger partial charge in [-0.1, -0.05) is 0 Å². The third-order valence-electron chi connectivity index (χ3n) is 4.76. The van der Waals surface area contributed by atoms with Gasteiger partial charge in [-0.25, -0.2) is 9.78 Å². The number of rotatable bonds is 4. The highest BCUT2D eigenvalue weighted by atomic mass is 19.4. The number of nitrogens with zero attached hydrogens (tertiary/aromatic N) is 3. The first-order valence-corrected chi connectivity index (χ1v) is 8.56. The molecule has 1 aromatic rings. The number of urea groups is 1. The molecule has 2 atom stereocenters. The summed E-state index contributed by atoms with van der Waals surface area (Å²) < 4.78 is 45.3. The lowest BCUT2D eigenvalue weighted by atomic mass is 9.99. The maximum absolute atomic E-state index is 12.8. The van der Waals surface area contributed by atoms with E-state index in [2.05, 4.69) is 10.3 Å². The normalized spacial score (nSPS) is 23.4. The molecule has 140 valence electrons. The third kappa shape index (κ3) is 4.45. The number of aromatic nitrogens is 2. The summed E-state index contributed by atoms with van der Waals surface area (Å²) in [6.45, 7) is 2.18. The number of imidazole rings is 1. The molecule has 3 rings (SSSR count). The van der Waals surface area contributed by atoms with E-state index in [0.29, 0.717) is 31.9 Å². The van der Waals surface area contributed by atoms with Crippen molar-refractivity contribution < 1.29 is 22.7 Å². The largest absolute Gasteiger partial charge is 0.434 e. The fourth-order valence-corrected chi connectivity index (χ4v) is 3.41. The number of aryl methyl sites for hydroxylation is 1. The zero-order chi connectivity index (χ0) is 18.0. The van der Waals surface area contributed by atoms with Crippen molar-refractivity contribution in [2.24, 2.45) is 5.92 Å². The van der Waals surface area contributed by atoms with Gasteiger partial charge in [-0.15, -0.1) is 0 Å². The van der Waals surface area contributed by atoms with E-state index in [1.807, 2.05) is 0 Å². The molecule has 3 heterocycles. The second kappa shape index (κ2) is 7.23. The molecule has 2 aliphatic heterocycles. The molecule has 1 fully saturated rings. The van der Waals surface area contributed by atoms with Crippen LogP contribution in [0.25, 0.3) is 0 Å². The van der Waals surface area contributed by atoms with Gasteiger partial charge in [0.05, 0.1) is 6.10 Å². The van der Waals surface area contributed by atoms with Gasteiger partial charge in [0.1, 0.15) is 5.82 Å². The number of carbonyl (C=O) groups is 1. The van der Waals surface area contributed by atoms with Crippen LogP contribution in [0, 0.1) is 5.92 Å². The molecule has 9 heteroatoms. The second-order valence-electron chi connectivity index (χ2n) is 6.80. The lowest BCUT2D eigenvalue weighted by Gasteiger charge is -2.28. The van der Waals surface area contributed by atoms with E-state index in [4.69, 9.17) is 4.74 Å². The second-order valence-corrected chi connectivity index (χ2v) is 6.80. The molecule has 1 saturated heterocycles. The highest BCUT2D eigenvalue weighted by Crippen LogP contribution is 2.30. The van der Waals surface area contributed by atoms with Gasteiger partial charge >= 0.3 is 12.2 Å². The Morgan fingerprint density at radius 2 is 2.28 bits per heavy atom. The summed E-state index contributed by atoms with van der Waals surface area (Å²) in [7, 11) is 1.70. The Balaban J connectivity index is 1.50. The number of ether oxygens (including phenoxy) is 1. The first-order valence-electron chi connectivity index (χ1n) is 8.56. The van der Waals surface area contributed by atoms with Crippen molar-refractivity contribution in [1.29, 1.82) is 0 Å². The van der Waals surface area contributed by atoms with Gasteiger partial charge in [0.15, 0.2) is 5.69 Å². The molecular formula is C16H23F3N4O2. The van der Waals surface area contributed by atoms with E-state index in [-0.39, 0.29) is 18.1 Å². The Kier molecular flexibility index (Phi) is 5.21. The summed E-state index contributed by atoms with van der Waals surface area (Å²) in [6.07, 6.45) is -0.0774. The number of fused-ring (bicyclic) bond motifs is 1. The summed E-state index contributed by atoms with van der Waals surface area (Å²) in [4.78, 5) is 17.4. The first kappa shape index (κ1) is 18.0. The highest BCUT2D eigenvalue weighted by Gasteiger charge is 2.36. The van der Waals surface area contributed by atoms with Crippen molar-refractivity contribution in [3.8, 4) is 0 Å². The molecule has 0 saturated carbocycles. The van der Waals surface area contributed by atoms with Gasteiger partial charge in [-0.3, -0.25) is 0 Å². The number of nitrogens with one attached hydrogen (secondary N) is 1. The van der Waals surface area contributed by atoms with Gasteiger partial charge in [-0.2, -0.15) is 13.2 Å². The van der Waals surface area contributed by atoms with Gasteiger partial charge in [-0.05, 0) is 25.2 Å². The molecule has 0 unspecified atom stereocenters. The van der Waals surface area contributed by atoms with Crippen LogP contribution in [0.5, 0.6) is 0 Å². The SMILES string of the molecule is CN(C[C@H]1CCc2nc(C(F)(F)F)cn2C1)C(=O)NC[C@H]1CCCO1. The molecule has 25 heavy (non-hydrogen) atoms. The molecule has 2 amide bonds. The van der Waals surface area contributed by atoms with Crippen molar-refractivity contribution in [3.05, 3.63) is 17.7 Å². The molecule has 1 N–H and O–H groups in total. The van der Waals surface area contributed by atoms with E-state index < -0.39 is 11.9 Å². The quantitative estimate of drug-likeness (QED) is 0.896. The molecule has 0 aromatic carbocycles. The smallest absolute Gasteiger partial charge is 0.376 e.